The zero-order valence-electron chi connectivity index (χ0n) is 17.6. The van der Waals surface area contributed by atoms with Gasteiger partial charge >= 0.3 is 0 Å². The highest BCUT2D eigenvalue weighted by molar-refractivity contribution is 7.99. The maximum absolute atomic E-state index is 5.56. The second-order valence-electron chi connectivity index (χ2n) is 7.14. The van der Waals surface area contributed by atoms with E-state index >= 15 is 0 Å². The lowest BCUT2D eigenvalue weighted by Gasteiger charge is -2.31. The number of benzene rings is 2. The summed E-state index contributed by atoms with van der Waals surface area (Å²) in [5.74, 6) is 3.24. The average molecular weight is 414 g/mol. The number of thioether (sulfide) groups is 1. The molecule has 3 rings (SSSR count). The number of piperidine rings is 1. The molecule has 2 aromatic carbocycles. The van der Waals surface area contributed by atoms with Crippen molar-refractivity contribution < 1.29 is 14.2 Å². The maximum atomic E-state index is 5.56. The Balaban J connectivity index is 1.47. The normalized spacial score (nSPS) is 15.6. The van der Waals surface area contributed by atoms with Crippen LogP contribution in [0.15, 0.2) is 48.5 Å². The van der Waals surface area contributed by atoms with Crippen molar-refractivity contribution >= 4 is 17.8 Å². The highest BCUT2D eigenvalue weighted by Crippen LogP contribution is 2.37. The topological polar surface area (TPSA) is 30.9 Å². The van der Waals surface area contributed by atoms with E-state index in [-0.39, 0.29) is 0 Å². The molecule has 1 fully saturated rings. The Labute approximate surface area is 178 Å². The summed E-state index contributed by atoms with van der Waals surface area (Å²) in [6, 6.07) is 14.4. The van der Waals surface area contributed by atoms with E-state index in [1.54, 1.807) is 21.3 Å². The van der Waals surface area contributed by atoms with E-state index in [1.807, 2.05) is 23.9 Å². The van der Waals surface area contributed by atoms with Gasteiger partial charge in [0.05, 0.1) is 21.3 Å². The Hall–Kier alpha value is -2.11. The summed E-state index contributed by atoms with van der Waals surface area (Å²) < 4.78 is 16.4. The van der Waals surface area contributed by atoms with Gasteiger partial charge in [0, 0.05) is 29.2 Å². The number of methoxy groups -OCH3 is 3. The van der Waals surface area contributed by atoms with Crippen LogP contribution >= 0.6 is 11.8 Å². The summed E-state index contributed by atoms with van der Waals surface area (Å²) in [7, 11) is 5.02. The van der Waals surface area contributed by atoms with Gasteiger partial charge in [0.1, 0.15) is 5.75 Å². The molecule has 1 saturated heterocycles. The van der Waals surface area contributed by atoms with Crippen molar-refractivity contribution in [3.63, 3.8) is 0 Å². The molecule has 156 valence electrons. The Morgan fingerprint density at radius 1 is 0.931 bits per heavy atom. The van der Waals surface area contributed by atoms with Crippen LogP contribution in [0.5, 0.6) is 17.2 Å². The number of hydrogen-bond acceptors (Lipinski definition) is 5. The number of likely N-dealkylation sites (tertiary alicyclic amines) is 1. The molecule has 1 aliphatic heterocycles. The van der Waals surface area contributed by atoms with Crippen molar-refractivity contribution in [2.75, 3.05) is 41.0 Å². The molecule has 0 radical (unpaired) electrons. The van der Waals surface area contributed by atoms with Gasteiger partial charge in [-0.25, -0.2) is 0 Å². The molecule has 0 aromatic heterocycles. The Morgan fingerprint density at radius 2 is 1.59 bits per heavy atom. The van der Waals surface area contributed by atoms with Crippen LogP contribution in [-0.4, -0.2) is 51.1 Å². The lowest BCUT2D eigenvalue weighted by Crippen LogP contribution is -2.34. The number of nitrogens with zero attached hydrogens (tertiary/aromatic N) is 1. The average Bonchev–Trinajstić information content (AvgIpc) is 2.78. The van der Waals surface area contributed by atoms with E-state index in [9.17, 15) is 0 Å². The maximum Gasteiger partial charge on any atom is 0.164 e. The van der Waals surface area contributed by atoms with E-state index in [0.29, 0.717) is 11.0 Å². The first-order chi connectivity index (χ1) is 14.2. The molecule has 0 aliphatic carbocycles. The van der Waals surface area contributed by atoms with Crippen molar-refractivity contribution in [2.24, 2.45) is 0 Å². The van der Waals surface area contributed by atoms with E-state index in [2.05, 4.69) is 47.4 Å². The molecular formula is C24H31NO3S. The fraction of sp³-hybridized carbons (Fsp3) is 0.417. The van der Waals surface area contributed by atoms with Gasteiger partial charge in [-0.3, -0.25) is 4.90 Å². The standard InChI is InChI=1S/C24H31NO3S/c1-26-22-17-24(28-3)23(27-2)16-20(22)18-29-21-11-14-25(15-12-21)13-7-10-19-8-5-4-6-9-19/h4-10,16-17,21H,11-15,18H2,1-3H3/b10-7+. The summed E-state index contributed by atoms with van der Waals surface area (Å²) >= 11 is 2.01. The minimum Gasteiger partial charge on any atom is -0.496 e. The molecule has 0 spiro atoms. The third-order valence-electron chi connectivity index (χ3n) is 5.27. The van der Waals surface area contributed by atoms with Crippen molar-refractivity contribution in [3.8, 4) is 17.2 Å². The van der Waals surface area contributed by atoms with Crippen LogP contribution in [0.1, 0.15) is 24.0 Å². The van der Waals surface area contributed by atoms with Crippen LogP contribution in [0.2, 0.25) is 0 Å². The molecule has 0 amide bonds. The van der Waals surface area contributed by atoms with Gasteiger partial charge in [-0.1, -0.05) is 42.5 Å². The highest BCUT2D eigenvalue weighted by Gasteiger charge is 2.20. The predicted molar refractivity (Wildman–Crippen MR) is 122 cm³/mol. The minimum atomic E-state index is 0.683. The molecule has 1 aliphatic rings. The summed E-state index contributed by atoms with van der Waals surface area (Å²) in [6.07, 6.45) is 6.93. The Morgan fingerprint density at radius 3 is 2.24 bits per heavy atom. The third kappa shape index (κ3) is 6.18. The van der Waals surface area contributed by atoms with Gasteiger partial charge in [0.25, 0.3) is 0 Å². The number of rotatable bonds is 9. The molecule has 2 aromatic rings. The van der Waals surface area contributed by atoms with Gasteiger partial charge in [0.2, 0.25) is 0 Å². The Bertz CT molecular complexity index is 786. The molecule has 1 heterocycles. The predicted octanol–water partition coefficient (Wildman–Crippen LogP) is 5.12. The molecular weight excluding hydrogens is 382 g/mol. The van der Waals surface area contributed by atoms with Crippen molar-refractivity contribution in [1.29, 1.82) is 0 Å². The van der Waals surface area contributed by atoms with Crippen LogP contribution in [0.4, 0.5) is 0 Å². The fourth-order valence-electron chi connectivity index (χ4n) is 3.57. The van der Waals surface area contributed by atoms with E-state index in [4.69, 9.17) is 14.2 Å². The first-order valence-electron chi connectivity index (χ1n) is 10.1. The zero-order chi connectivity index (χ0) is 20.5. The van der Waals surface area contributed by atoms with E-state index < -0.39 is 0 Å². The van der Waals surface area contributed by atoms with Gasteiger partial charge in [-0.2, -0.15) is 11.8 Å². The molecule has 5 heteroatoms. The molecule has 4 nitrogen and oxygen atoms in total. The second-order valence-corrected chi connectivity index (χ2v) is 8.43. The summed E-state index contributed by atoms with van der Waals surface area (Å²) in [6.45, 7) is 3.33. The summed E-state index contributed by atoms with van der Waals surface area (Å²) in [5.41, 5.74) is 2.42. The molecule has 0 saturated carbocycles. The largest absolute Gasteiger partial charge is 0.496 e. The first kappa shape index (κ1) is 21.6. The van der Waals surface area contributed by atoms with Crippen LogP contribution in [0.3, 0.4) is 0 Å². The van der Waals surface area contributed by atoms with Crippen LogP contribution in [0.25, 0.3) is 6.08 Å². The molecule has 0 unspecified atom stereocenters. The Kier molecular flexibility index (Phi) is 8.32. The number of ether oxygens (including phenoxy) is 3. The third-order valence-corrected chi connectivity index (χ3v) is 6.69. The van der Waals surface area contributed by atoms with Crippen LogP contribution in [0, 0.1) is 0 Å². The monoisotopic (exact) mass is 413 g/mol. The smallest absolute Gasteiger partial charge is 0.164 e. The summed E-state index contributed by atoms with van der Waals surface area (Å²) in [5, 5.41) is 0.683. The van der Waals surface area contributed by atoms with Crippen LogP contribution in [-0.2, 0) is 5.75 Å². The van der Waals surface area contributed by atoms with E-state index in [1.165, 1.54) is 18.4 Å². The quantitative estimate of drug-likeness (QED) is 0.569. The van der Waals surface area contributed by atoms with E-state index in [0.717, 1.165) is 42.4 Å². The van der Waals surface area contributed by atoms with Gasteiger partial charge < -0.3 is 14.2 Å². The minimum absolute atomic E-state index is 0.683. The van der Waals surface area contributed by atoms with Crippen molar-refractivity contribution in [3.05, 3.63) is 59.7 Å². The molecule has 0 bridgehead atoms. The first-order valence-corrected chi connectivity index (χ1v) is 11.1. The van der Waals surface area contributed by atoms with Gasteiger partial charge in [0.15, 0.2) is 11.5 Å². The van der Waals surface area contributed by atoms with Gasteiger partial charge in [-0.05, 0) is 37.6 Å². The van der Waals surface area contributed by atoms with Crippen molar-refractivity contribution in [1.82, 2.24) is 4.90 Å². The molecule has 0 N–H and O–H groups in total. The lowest BCUT2D eigenvalue weighted by molar-refractivity contribution is 0.256. The highest BCUT2D eigenvalue weighted by atomic mass is 32.2. The number of hydrogen-bond donors (Lipinski definition) is 0. The fourth-order valence-corrected chi connectivity index (χ4v) is 4.76. The SMILES string of the molecule is COc1cc(OC)c(OC)cc1CSC1CCN(C/C=C/c2ccccc2)CC1. The van der Waals surface area contributed by atoms with Gasteiger partial charge in [-0.15, -0.1) is 0 Å². The lowest BCUT2D eigenvalue weighted by atomic mass is 10.1. The van der Waals surface area contributed by atoms with Crippen molar-refractivity contribution in [2.45, 2.75) is 23.8 Å². The van der Waals surface area contributed by atoms with Crippen LogP contribution < -0.4 is 14.2 Å². The summed E-state index contributed by atoms with van der Waals surface area (Å²) in [4.78, 5) is 2.54. The zero-order valence-corrected chi connectivity index (χ0v) is 18.4. The second kappa shape index (κ2) is 11.2. The molecule has 0 atom stereocenters. The molecule has 29 heavy (non-hydrogen) atoms.